The molecule has 0 saturated carbocycles. The van der Waals surface area contributed by atoms with Gasteiger partial charge in [0.1, 0.15) is 0 Å². The fraction of sp³-hybridized carbons (Fsp3) is 0.238. The van der Waals surface area contributed by atoms with Gasteiger partial charge in [0.2, 0.25) is 15.9 Å². The molecule has 0 radical (unpaired) electrons. The van der Waals surface area contributed by atoms with E-state index in [0.717, 1.165) is 22.2 Å². The van der Waals surface area contributed by atoms with Gasteiger partial charge < -0.3 is 15.0 Å². The number of ether oxygens (including phenoxy) is 1. The Labute approximate surface area is 173 Å². The molecule has 0 saturated heterocycles. The Balaban J connectivity index is 1.65. The van der Waals surface area contributed by atoms with E-state index < -0.39 is 16.0 Å². The van der Waals surface area contributed by atoms with Crippen LogP contribution < -0.4 is 5.32 Å². The minimum absolute atomic E-state index is 0.162. The van der Waals surface area contributed by atoms with Crippen LogP contribution in [0.3, 0.4) is 0 Å². The van der Waals surface area contributed by atoms with Crippen molar-refractivity contribution in [3.05, 3.63) is 59.3 Å². The fourth-order valence-corrected chi connectivity index (χ4v) is 5.11. The molecule has 2 aromatic carbocycles. The van der Waals surface area contributed by atoms with Crippen LogP contribution in [0.4, 0.5) is 5.69 Å². The molecule has 1 aliphatic rings. The number of aromatic amines is 1. The highest BCUT2D eigenvalue weighted by Crippen LogP contribution is 2.31. The number of benzene rings is 2. The topological polar surface area (TPSA) is 109 Å². The van der Waals surface area contributed by atoms with Gasteiger partial charge in [-0.2, -0.15) is 4.31 Å². The predicted molar refractivity (Wildman–Crippen MR) is 112 cm³/mol. The van der Waals surface area contributed by atoms with Gasteiger partial charge >= 0.3 is 5.97 Å². The number of anilines is 1. The van der Waals surface area contributed by atoms with E-state index in [4.69, 9.17) is 4.74 Å². The predicted octanol–water partition coefficient (Wildman–Crippen LogP) is 2.66. The average molecular weight is 427 g/mol. The normalized spacial score (nSPS) is 14.3. The third-order valence-corrected chi connectivity index (χ3v) is 7.03. The van der Waals surface area contributed by atoms with Crippen molar-refractivity contribution in [3.63, 3.8) is 0 Å². The van der Waals surface area contributed by atoms with Crippen molar-refractivity contribution in [1.82, 2.24) is 9.29 Å². The van der Waals surface area contributed by atoms with E-state index in [1.165, 1.54) is 30.5 Å². The zero-order chi connectivity index (χ0) is 21.5. The number of hydrogen-bond donors (Lipinski definition) is 2. The number of sulfonamides is 1. The van der Waals surface area contributed by atoms with E-state index in [1.807, 2.05) is 0 Å². The van der Waals surface area contributed by atoms with Gasteiger partial charge in [-0.15, -0.1) is 0 Å². The van der Waals surface area contributed by atoms with Crippen LogP contribution in [0.5, 0.6) is 0 Å². The second-order valence-electron chi connectivity index (χ2n) is 7.13. The molecule has 0 spiro atoms. The standard InChI is InChI=1S/C21H21N3O5S/c1-13(25)22-15-4-6-16(7-5-15)30(27,28)24-10-9-20-18(12-24)17-11-14(21(26)29-2)3-8-19(17)23-20/h3-8,11,23H,9-10,12H2,1-2H3,(H,22,25). The molecule has 0 unspecified atom stereocenters. The molecular formula is C21H21N3O5S. The summed E-state index contributed by atoms with van der Waals surface area (Å²) in [5.41, 5.74) is 3.64. The number of esters is 1. The van der Waals surface area contributed by atoms with Crippen molar-refractivity contribution in [2.75, 3.05) is 19.0 Å². The Hall–Kier alpha value is -3.17. The smallest absolute Gasteiger partial charge is 0.337 e. The number of aromatic nitrogens is 1. The van der Waals surface area contributed by atoms with E-state index in [0.29, 0.717) is 24.2 Å². The zero-order valence-corrected chi connectivity index (χ0v) is 17.4. The molecule has 3 aromatic rings. The Bertz CT molecular complexity index is 1250. The van der Waals surface area contributed by atoms with Crippen molar-refractivity contribution in [1.29, 1.82) is 0 Å². The monoisotopic (exact) mass is 427 g/mol. The molecule has 156 valence electrons. The second kappa shape index (κ2) is 7.58. The SMILES string of the molecule is COC(=O)c1ccc2[nH]c3c(c2c1)CN(S(=O)(=O)c1ccc(NC(C)=O)cc1)CC3. The molecular weight excluding hydrogens is 406 g/mol. The highest BCUT2D eigenvalue weighted by molar-refractivity contribution is 7.89. The van der Waals surface area contributed by atoms with Gasteiger partial charge in [-0.05, 0) is 48.0 Å². The summed E-state index contributed by atoms with van der Waals surface area (Å²) >= 11 is 0. The summed E-state index contributed by atoms with van der Waals surface area (Å²) in [6, 6.07) is 11.3. The molecule has 1 aliphatic heterocycles. The number of nitrogens with zero attached hydrogens (tertiary/aromatic N) is 1. The highest BCUT2D eigenvalue weighted by atomic mass is 32.2. The lowest BCUT2D eigenvalue weighted by atomic mass is 10.0. The van der Waals surface area contributed by atoms with Crippen LogP contribution in [0.25, 0.3) is 10.9 Å². The third-order valence-electron chi connectivity index (χ3n) is 5.17. The van der Waals surface area contributed by atoms with Crippen LogP contribution in [-0.4, -0.2) is 43.2 Å². The first kappa shape index (κ1) is 20.1. The summed E-state index contributed by atoms with van der Waals surface area (Å²) < 4.78 is 32.6. The van der Waals surface area contributed by atoms with Crippen molar-refractivity contribution in [3.8, 4) is 0 Å². The summed E-state index contributed by atoms with van der Waals surface area (Å²) in [7, 11) is -2.39. The molecule has 4 rings (SSSR count). The zero-order valence-electron chi connectivity index (χ0n) is 16.6. The molecule has 2 N–H and O–H groups in total. The Morgan fingerprint density at radius 1 is 1.13 bits per heavy atom. The van der Waals surface area contributed by atoms with E-state index >= 15 is 0 Å². The largest absolute Gasteiger partial charge is 0.465 e. The Morgan fingerprint density at radius 2 is 1.87 bits per heavy atom. The molecule has 30 heavy (non-hydrogen) atoms. The summed E-state index contributed by atoms with van der Waals surface area (Å²) in [6.45, 7) is 1.94. The molecule has 0 atom stereocenters. The maximum absolute atomic E-state index is 13.2. The number of carbonyl (C=O) groups is 2. The van der Waals surface area contributed by atoms with E-state index in [1.54, 1.807) is 30.3 Å². The van der Waals surface area contributed by atoms with Crippen molar-refractivity contribution < 1.29 is 22.7 Å². The maximum atomic E-state index is 13.2. The van der Waals surface area contributed by atoms with Gasteiger partial charge in [-0.1, -0.05) is 0 Å². The van der Waals surface area contributed by atoms with Crippen LogP contribution in [0.1, 0.15) is 28.5 Å². The summed E-state index contributed by atoms with van der Waals surface area (Å²) in [5, 5.41) is 3.44. The summed E-state index contributed by atoms with van der Waals surface area (Å²) in [5.74, 6) is -0.661. The third kappa shape index (κ3) is 3.57. The quantitative estimate of drug-likeness (QED) is 0.623. The van der Waals surface area contributed by atoms with Crippen LogP contribution in [0.15, 0.2) is 47.4 Å². The molecule has 2 heterocycles. The molecule has 8 nitrogen and oxygen atoms in total. The maximum Gasteiger partial charge on any atom is 0.337 e. The average Bonchev–Trinajstić information content (AvgIpc) is 3.10. The lowest BCUT2D eigenvalue weighted by molar-refractivity contribution is -0.114. The number of carbonyl (C=O) groups excluding carboxylic acids is 2. The first-order valence-corrected chi connectivity index (χ1v) is 10.8. The lowest BCUT2D eigenvalue weighted by Crippen LogP contribution is -2.35. The van der Waals surface area contributed by atoms with Gasteiger partial charge in [0.05, 0.1) is 17.6 Å². The Morgan fingerprint density at radius 3 is 2.53 bits per heavy atom. The Kier molecular flexibility index (Phi) is 5.08. The fourth-order valence-electron chi connectivity index (χ4n) is 3.70. The second-order valence-corrected chi connectivity index (χ2v) is 9.07. The number of nitrogens with one attached hydrogen (secondary N) is 2. The van der Waals surface area contributed by atoms with Crippen LogP contribution >= 0.6 is 0 Å². The van der Waals surface area contributed by atoms with Crippen LogP contribution in [-0.2, 0) is 32.5 Å². The number of amides is 1. The number of hydrogen-bond acceptors (Lipinski definition) is 5. The highest BCUT2D eigenvalue weighted by Gasteiger charge is 2.30. The van der Waals surface area contributed by atoms with Crippen molar-refractivity contribution in [2.45, 2.75) is 24.8 Å². The number of rotatable bonds is 4. The minimum Gasteiger partial charge on any atom is -0.465 e. The van der Waals surface area contributed by atoms with Crippen molar-refractivity contribution in [2.24, 2.45) is 0 Å². The summed E-state index contributed by atoms with van der Waals surface area (Å²) in [4.78, 5) is 26.5. The lowest BCUT2D eigenvalue weighted by Gasteiger charge is -2.26. The number of fused-ring (bicyclic) bond motifs is 3. The first-order chi connectivity index (χ1) is 14.3. The molecule has 1 aromatic heterocycles. The number of methoxy groups -OCH3 is 1. The molecule has 0 bridgehead atoms. The van der Waals surface area contributed by atoms with E-state index in [9.17, 15) is 18.0 Å². The molecule has 0 fully saturated rings. The first-order valence-electron chi connectivity index (χ1n) is 9.39. The molecule has 0 aliphatic carbocycles. The van der Waals surface area contributed by atoms with Gasteiger partial charge in [0.15, 0.2) is 0 Å². The van der Waals surface area contributed by atoms with Gasteiger partial charge in [0, 0.05) is 48.7 Å². The van der Waals surface area contributed by atoms with Crippen LogP contribution in [0, 0.1) is 0 Å². The van der Waals surface area contributed by atoms with E-state index in [2.05, 4.69) is 10.3 Å². The van der Waals surface area contributed by atoms with Gasteiger partial charge in [-0.3, -0.25) is 4.79 Å². The van der Waals surface area contributed by atoms with Crippen LogP contribution in [0.2, 0.25) is 0 Å². The van der Waals surface area contributed by atoms with Crippen molar-refractivity contribution >= 4 is 38.5 Å². The van der Waals surface area contributed by atoms with Gasteiger partial charge in [-0.25, -0.2) is 13.2 Å². The summed E-state index contributed by atoms with van der Waals surface area (Å²) in [6.07, 6.45) is 0.542. The minimum atomic E-state index is -3.71. The molecule has 9 heteroatoms. The molecule has 1 amide bonds. The van der Waals surface area contributed by atoms with Gasteiger partial charge in [0.25, 0.3) is 0 Å². The number of H-pyrrole nitrogens is 1. The van der Waals surface area contributed by atoms with E-state index in [-0.39, 0.29) is 17.3 Å².